The molecule has 1 amide bonds. The van der Waals surface area contributed by atoms with Crippen molar-refractivity contribution in [2.24, 2.45) is 0 Å². The standard InChI is InChI=1S/C14H15BrClNO2/c1-3-5-13(17(8-4-2)14(18)19)11-9-10(16)6-7-12(11)15/h3-4,6-7,9,13H,1-2,5,8H2,(H,18,19). The highest BCUT2D eigenvalue weighted by Crippen LogP contribution is 2.33. The first kappa shape index (κ1) is 15.8. The van der Waals surface area contributed by atoms with Gasteiger partial charge in [0.1, 0.15) is 0 Å². The summed E-state index contributed by atoms with van der Waals surface area (Å²) in [5.74, 6) is 0. The molecule has 1 aromatic rings. The lowest BCUT2D eigenvalue weighted by molar-refractivity contribution is 0.131. The maximum Gasteiger partial charge on any atom is 0.408 e. The van der Waals surface area contributed by atoms with Gasteiger partial charge >= 0.3 is 6.09 Å². The van der Waals surface area contributed by atoms with E-state index in [1.165, 1.54) is 4.90 Å². The monoisotopic (exact) mass is 343 g/mol. The molecule has 5 heteroatoms. The van der Waals surface area contributed by atoms with Crippen molar-refractivity contribution < 1.29 is 9.90 Å². The van der Waals surface area contributed by atoms with Gasteiger partial charge in [-0.15, -0.1) is 13.2 Å². The van der Waals surface area contributed by atoms with Gasteiger partial charge in [0.15, 0.2) is 0 Å². The predicted molar refractivity (Wildman–Crippen MR) is 81.6 cm³/mol. The summed E-state index contributed by atoms with van der Waals surface area (Å²) in [4.78, 5) is 12.7. The number of benzene rings is 1. The summed E-state index contributed by atoms with van der Waals surface area (Å²) in [5, 5.41) is 9.88. The Hall–Kier alpha value is -1.26. The minimum absolute atomic E-state index is 0.243. The van der Waals surface area contributed by atoms with E-state index in [4.69, 9.17) is 11.6 Å². The molecule has 19 heavy (non-hydrogen) atoms. The molecule has 0 saturated carbocycles. The van der Waals surface area contributed by atoms with E-state index in [0.29, 0.717) is 11.4 Å². The van der Waals surface area contributed by atoms with Crippen LogP contribution in [0, 0.1) is 0 Å². The molecule has 0 fully saturated rings. The summed E-state index contributed by atoms with van der Waals surface area (Å²) < 4.78 is 0.819. The van der Waals surface area contributed by atoms with Crippen LogP contribution >= 0.6 is 27.5 Å². The molecule has 0 spiro atoms. The van der Waals surface area contributed by atoms with Crippen molar-refractivity contribution in [1.82, 2.24) is 4.90 Å². The fourth-order valence-electron chi connectivity index (χ4n) is 1.83. The smallest absolute Gasteiger partial charge is 0.408 e. The number of hydrogen-bond donors (Lipinski definition) is 1. The summed E-state index contributed by atoms with van der Waals surface area (Å²) in [6.07, 6.45) is 2.75. The molecule has 1 unspecified atom stereocenters. The molecule has 0 bridgehead atoms. The van der Waals surface area contributed by atoms with E-state index in [2.05, 4.69) is 29.1 Å². The zero-order valence-corrected chi connectivity index (χ0v) is 12.7. The fourth-order valence-corrected chi connectivity index (χ4v) is 2.52. The fraction of sp³-hybridized carbons (Fsp3) is 0.214. The Morgan fingerprint density at radius 2 is 2.16 bits per heavy atom. The van der Waals surface area contributed by atoms with E-state index in [1.807, 2.05) is 6.07 Å². The van der Waals surface area contributed by atoms with Crippen LogP contribution in [0.3, 0.4) is 0 Å². The second-order valence-electron chi connectivity index (χ2n) is 3.93. The third-order valence-electron chi connectivity index (χ3n) is 2.65. The van der Waals surface area contributed by atoms with Gasteiger partial charge < -0.3 is 5.11 Å². The van der Waals surface area contributed by atoms with Crippen LogP contribution in [-0.4, -0.2) is 22.6 Å². The summed E-state index contributed by atoms with van der Waals surface area (Å²) >= 11 is 9.42. The summed E-state index contributed by atoms with van der Waals surface area (Å²) in [6, 6.07) is 4.97. The highest BCUT2D eigenvalue weighted by atomic mass is 79.9. The lowest BCUT2D eigenvalue weighted by atomic mass is 10.0. The lowest BCUT2D eigenvalue weighted by Gasteiger charge is -2.29. The quantitative estimate of drug-likeness (QED) is 0.747. The molecule has 0 aliphatic rings. The average Bonchev–Trinajstić information content (AvgIpc) is 2.36. The molecule has 0 aromatic heterocycles. The second-order valence-corrected chi connectivity index (χ2v) is 5.22. The third-order valence-corrected chi connectivity index (χ3v) is 3.61. The summed E-state index contributed by atoms with van der Waals surface area (Å²) in [5.41, 5.74) is 0.816. The van der Waals surface area contributed by atoms with Crippen molar-refractivity contribution in [3.05, 3.63) is 58.6 Å². The van der Waals surface area contributed by atoms with Crippen molar-refractivity contribution in [2.75, 3.05) is 6.54 Å². The largest absolute Gasteiger partial charge is 0.465 e. The van der Waals surface area contributed by atoms with Crippen LogP contribution in [0.1, 0.15) is 18.0 Å². The molecule has 0 radical (unpaired) electrons. The van der Waals surface area contributed by atoms with Crippen molar-refractivity contribution >= 4 is 33.6 Å². The number of hydrogen-bond acceptors (Lipinski definition) is 1. The third kappa shape index (κ3) is 4.11. The van der Waals surface area contributed by atoms with Crippen LogP contribution < -0.4 is 0 Å². The van der Waals surface area contributed by atoms with Crippen molar-refractivity contribution in [3.8, 4) is 0 Å². The highest BCUT2D eigenvalue weighted by Gasteiger charge is 2.24. The van der Waals surface area contributed by atoms with Gasteiger partial charge in [0, 0.05) is 16.0 Å². The molecule has 1 N–H and O–H groups in total. The molecular weight excluding hydrogens is 330 g/mol. The molecule has 0 saturated heterocycles. The molecule has 0 aliphatic heterocycles. The van der Waals surface area contributed by atoms with E-state index in [0.717, 1.165) is 10.0 Å². The molecule has 1 rings (SSSR count). The first-order valence-corrected chi connectivity index (χ1v) is 6.84. The Morgan fingerprint density at radius 1 is 1.47 bits per heavy atom. The van der Waals surface area contributed by atoms with Crippen molar-refractivity contribution in [1.29, 1.82) is 0 Å². The Bertz CT molecular complexity index is 490. The average molecular weight is 345 g/mol. The Balaban J connectivity index is 3.24. The predicted octanol–water partition coefficient (Wildman–Crippen LogP) is 4.89. The van der Waals surface area contributed by atoms with Gasteiger partial charge in [0.25, 0.3) is 0 Å². The van der Waals surface area contributed by atoms with E-state index in [1.54, 1.807) is 24.3 Å². The van der Waals surface area contributed by atoms with Crippen LogP contribution in [0.25, 0.3) is 0 Å². The maximum absolute atomic E-state index is 11.4. The Morgan fingerprint density at radius 3 is 2.68 bits per heavy atom. The number of halogens is 2. The van der Waals surface area contributed by atoms with Crippen LogP contribution in [0.4, 0.5) is 4.79 Å². The van der Waals surface area contributed by atoms with Crippen molar-refractivity contribution in [3.63, 3.8) is 0 Å². The van der Waals surface area contributed by atoms with E-state index in [9.17, 15) is 9.90 Å². The van der Waals surface area contributed by atoms with Gasteiger partial charge in [-0.05, 0) is 30.2 Å². The zero-order chi connectivity index (χ0) is 14.4. The number of amides is 1. The van der Waals surface area contributed by atoms with Crippen molar-refractivity contribution in [2.45, 2.75) is 12.5 Å². The van der Waals surface area contributed by atoms with Crippen LogP contribution in [0.2, 0.25) is 5.02 Å². The summed E-state index contributed by atoms with van der Waals surface area (Å²) in [7, 11) is 0. The minimum Gasteiger partial charge on any atom is -0.465 e. The number of nitrogens with zero attached hydrogens (tertiary/aromatic N) is 1. The Kier molecular flexibility index (Phi) is 6.12. The van der Waals surface area contributed by atoms with Gasteiger partial charge in [-0.3, -0.25) is 4.90 Å². The first-order chi connectivity index (χ1) is 9.01. The maximum atomic E-state index is 11.4. The number of rotatable bonds is 6. The highest BCUT2D eigenvalue weighted by molar-refractivity contribution is 9.10. The molecular formula is C14H15BrClNO2. The SMILES string of the molecule is C=CCC(c1cc(Cl)ccc1Br)N(CC=C)C(=O)O. The number of carbonyl (C=O) groups is 1. The number of carboxylic acid groups (broad SMARTS) is 1. The molecule has 1 atom stereocenters. The van der Waals surface area contributed by atoms with Gasteiger partial charge in [0.05, 0.1) is 6.04 Å². The lowest BCUT2D eigenvalue weighted by Crippen LogP contribution is -2.33. The van der Waals surface area contributed by atoms with Gasteiger partial charge in [-0.25, -0.2) is 4.79 Å². The molecule has 102 valence electrons. The van der Waals surface area contributed by atoms with Gasteiger partial charge in [-0.1, -0.05) is 39.7 Å². The molecule has 0 aliphatic carbocycles. The van der Waals surface area contributed by atoms with Gasteiger partial charge in [0.2, 0.25) is 0 Å². The van der Waals surface area contributed by atoms with E-state index < -0.39 is 6.09 Å². The normalized spacial score (nSPS) is 11.7. The molecule has 0 heterocycles. The van der Waals surface area contributed by atoms with E-state index in [-0.39, 0.29) is 12.6 Å². The Labute approximate surface area is 126 Å². The topological polar surface area (TPSA) is 40.5 Å². The molecule has 1 aromatic carbocycles. The summed E-state index contributed by atoms with van der Waals surface area (Å²) in [6.45, 7) is 7.52. The molecule has 3 nitrogen and oxygen atoms in total. The van der Waals surface area contributed by atoms with E-state index >= 15 is 0 Å². The van der Waals surface area contributed by atoms with Gasteiger partial charge in [-0.2, -0.15) is 0 Å². The first-order valence-electron chi connectivity index (χ1n) is 5.67. The van der Waals surface area contributed by atoms with Crippen LogP contribution in [0.5, 0.6) is 0 Å². The van der Waals surface area contributed by atoms with Crippen LogP contribution in [-0.2, 0) is 0 Å². The zero-order valence-electron chi connectivity index (χ0n) is 10.4. The minimum atomic E-state index is -1.00. The second kappa shape index (κ2) is 7.36. The van der Waals surface area contributed by atoms with Crippen LogP contribution in [0.15, 0.2) is 48.0 Å².